The molecule has 0 bridgehead atoms. The molecule has 0 saturated carbocycles. The molecule has 2 aromatic rings. The van der Waals surface area contributed by atoms with Crippen LogP contribution in [0, 0.1) is 0 Å². The van der Waals surface area contributed by atoms with Crippen LogP contribution in [0.5, 0.6) is 0 Å². The van der Waals surface area contributed by atoms with Gasteiger partial charge in [0.15, 0.2) is 0 Å². The van der Waals surface area contributed by atoms with Crippen LogP contribution in [0.25, 0.3) is 0 Å². The molecule has 7 nitrogen and oxygen atoms in total. The van der Waals surface area contributed by atoms with Crippen LogP contribution in [0.2, 0.25) is 0 Å². The maximum absolute atomic E-state index is 12.9. The van der Waals surface area contributed by atoms with E-state index < -0.39 is 6.04 Å². The zero-order valence-electron chi connectivity index (χ0n) is 15.8. The van der Waals surface area contributed by atoms with Gasteiger partial charge in [0.25, 0.3) is 5.91 Å². The first-order chi connectivity index (χ1) is 13.0. The fourth-order valence-corrected chi connectivity index (χ4v) is 3.93. The van der Waals surface area contributed by atoms with E-state index in [9.17, 15) is 9.59 Å². The first-order valence-corrected chi connectivity index (χ1v) is 9.62. The Hall–Kier alpha value is -2.70. The third kappa shape index (κ3) is 3.46. The van der Waals surface area contributed by atoms with E-state index in [1.54, 1.807) is 12.4 Å². The van der Waals surface area contributed by atoms with E-state index in [1.165, 1.54) is 10.5 Å². The lowest BCUT2D eigenvalue weighted by Crippen LogP contribution is -2.44. The van der Waals surface area contributed by atoms with Gasteiger partial charge >= 0.3 is 6.03 Å². The summed E-state index contributed by atoms with van der Waals surface area (Å²) in [7, 11) is 0. The Morgan fingerprint density at radius 2 is 2.04 bits per heavy atom. The Morgan fingerprint density at radius 1 is 1.26 bits per heavy atom. The maximum atomic E-state index is 12.9. The first-order valence-electron chi connectivity index (χ1n) is 9.62. The van der Waals surface area contributed by atoms with Crippen molar-refractivity contribution in [3.8, 4) is 0 Å². The van der Waals surface area contributed by atoms with Crippen LogP contribution in [0.4, 0.5) is 4.79 Å². The molecule has 3 amide bonds. The van der Waals surface area contributed by atoms with E-state index in [2.05, 4.69) is 35.4 Å². The molecule has 1 aliphatic carbocycles. The van der Waals surface area contributed by atoms with Crippen LogP contribution >= 0.6 is 0 Å². The van der Waals surface area contributed by atoms with E-state index in [0.29, 0.717) is 18.9 Å². The summed E-state index contributed by atoms with van der Waals surface area (Å²) in [6, 6.07) is 3.37. The zero-order chi connectivity index (χ0) is 19.0. The molecule has 1 N–H and O–H groups in total. The van der Waals surface area contributed by atoms with Gasteiger partial charge in [-0.15, -0.1) is 0 Å². The number of rotatable bonds is 5. The van der Waals surface area contributed by atoms with E-state index in [1.807, 2.05) is 16.8 Å². The molecule has 2 atom stereocenters. The average molecular weight is 367 g/mol. The molecule has 4 rings (SSSR count). The molecular weight excluding hydrogens is 342 g/mol. The number of aryl methyl sites for hydroxylation is 2. The molecule has 0 aromatic carbocycles. The van der Waals surface area contributed by atoms with Gasteiger partial charge in [-0.3, -0.25) is 19.4 Å². The highest BCUT2D eigenvalue weighted by molar-refractivity contribution is 6.04. The number of hydrogen-bond acceptors (Lipinski definition) is 4. The van der Waals surface area contributed by atoms with Gasteiger partial charge in [-0.2, -0.15) is 5.10 Å². The van der Waals surface area contributed by atoms with Crippen LogP contribution in [0.3, 0.4) is 0 Å². The molecule has 2 aromatic heterocycles. The third-order valence-corrected chi connectivity index (χ3v) is 5.49. The smallest absolute Gasteiger partial charge is 0.325 e. The quantitative estimate of drug-likeness (QED) is 0.822. The van der Waals surface area contributed by atoms with Crippen molar-refractivity contribution in [2.75, 3.05) is 0 Å². The van der Waals surface area contributed by atoms with Crippen LogP contribution in [-0.2, 0) is 24.1 Å². The molecule has 2 unspecified atom stereocenters. The summed E-state index contributed by atoms with van der Waals surface area (Å²) < 4.78 is 1.97. The molecule has 27 heavy (non-hydrogen) atoms. The van der Waals surface area contributed by atoms with Crippen molar-refractivity contribution in [1.82, 2.24) is 25.0 Å². The zero-order valence-corrected chi connectivity index (χ0v) is 15.8. The highest BCUT2D eigenvalue weighted by Gasteiger charge is 2.42. The lowest BCUT2D eigenvalue weighted by atomic mass is 9.92. The average Bonchev–Trinajstić information content (AvgIpc) is 3.21. The molecule has 0 radical (unpaired) electrons. The number of fused-ring (bicyclic) bond motifs is 1. The molecule has 3 heterocycles. The van der Waals surface area contributed by atoms with Gasteiger partial charge in [-0.25, -0.2) is 4.79 Å². The van der Waals surface area contributed by atoms with Crippen molar-refractivity contribution in [3.63, 3.8) is 0 Å². The van der Waals surface area contributed by atoms with Crippen molar-refractivity contribution in [3.05, 3.63) is 47.5 Å². The standard InChI is InChI=1S/C20H25N5O2/c1-13(2)24-12-15-4-5-16(11-18(15)23-24)25-19(26)17(22-20(25)27)6-3-14-7-9-21-10-8-14/h7-10,12-13,16-17H,3-6,11H2,1-2H3,(H,22,27). The predicted molar refractivity (Wildman–Crippen MR) is 100 cm³/mol. The van der Waals surface area contributed by atoms with Crippen molar-refractivity contribution < 1.29 is 9.59 Å². The van der Waals surface area contributed by atoms with Gasteiger partial charge < -0.3 is 5.32 Å². The molecule has 142 valence electrons. The van der Waals surface area contributed by atoms with E-state index >= 15 is 0 Å². The molecule has 1 aliphatic heterocycles. The van der Waals surface area contributed by atoms with E-state index in [4.69, 9.17) is 0 Å². The number of amides is 3. The largest absolute Gasteiger partial charge is 0.326 e. The number of carbonyl (C=O) groups is 2. The number of hydrogen-bond donors (Lipinski definition) is 1. The molecule has 2 aliphatic rings. The summed E-state index contributed by atoms with van der Waals surface area (Å²) >= 11 is 0. The molecule has 1 fully saturated rings. The maximum Gasteiger partial charge on any atom is 0.325 e. The van der Waals surface area contributed by atoms with Gasteiger partial charge in [0.1, 0.15) is 6.04 Å². The number of nitrogens with one attached hydrogen (secondary N) is 1. The van der Waals surface area contributed by atoms with E-state index in [0.717, 1.165) is 30.5 Å². The van der Waals surface area contributed by atoms with Crippen LogP contribution in [0.1, 0.15) is 49.6 Å². The summed E-state index contributed by atoms with van der Waals surface area (Å²) in [4.78, 5) is 30.8. The minimum Gasteiger partial charge on any atom is -0.326 e. The topological polar surface area (TPSA) is 80.1 Å². The van der Waals surface area contributed by atoms with Gasteiger partial charge in [0.05, 0.1) is 5.69 Å². The summed E-state index contributed by atoms with van der Waals surface area (Å²) in [6.45, 7) is 4.20. The van der Waals surface area contributed by atoms with E-state index in [-0.39, 0.29) is 18.0 Å². The Bertz CT molecular complexity index is 845. The highest BCUT2D eigenvalue weighted by atomic mass is 16.2. The Kier molecular flexibility index (Phi) is 4.68. The molecule has 0 spiro atoms. The SMILES string of the molecule is CC(C)n1cc2c(n1)CC(N1C(=O)NC(CCc3ccncc3)C1=O)CC2. The van der Waals surface area contributed by atoms with Gasteiger partial charge in [-0.1, -0.05) is 0 Å². The molecule has 1 saturated heterocycles. The normalized spacial score (nSPS) is 22.3. The minimum absolute atomic E-state index is 0.105. The van der Waals surface area contributed by atoms with Crippen molar-refractivity contribution in [2.45, 2.75) is 64.1 Å². The number of urea groups is 1. The number of carbonyl (C=O) groups excluding carboxylic acids is 2. The number of aromatic nitrogens is 3. The summed E-state index contributed by atoms with van der Waals surface area (Å²) in [5.74, 6) is -0.106. The van der Waals surface area contributed by atoms with Crippen molar-refractivity contribution in [2.24, 2.45) is 0 Å². The number of pyridine rings is 1. The number of nitrogens with zero attached hydrogens (tertiary/aromatic N) is 4. The minimum atomic E-state index is -0.444. The third-order valence-electron chi connectivity index (χ3n) is 5.49. The second-order valence-electron chi connectivity index (χ2n) is 7.68. The Balaban J connectivity index is 1.43. The second kappa shape index (κ2) is 7.13. The van der Waals surface area contributed by atoms with Crippen molar-refractivity contribution in [1.29, 1.82) is 0 Å². The van der Waals surface area contributed by atoms with Gasteiger partial charge in [0, 0.05) is 37.1 Å². The Labute approximate surface area is 158 Å². The van der Waals surface area contributed by atoms with Crippen LogP contribution in [0.15, 0.2) is 30.7 Å². The van der Waals surface area contributed by atoms with Crippen LogP contribution in [-0.4, -0.2) is 43.7 Å². The fourth-order valence-electron chi connectivity index (χ4n) is 3.93. The summed E-state index contributed by atoms with van der Waals surface area (Å²) in [6.07, 6.45) is 9.22. The fraction of sp³-hybridized carbons (Fsp3) is 0.500. The van der Waals surface area contributed by atoms with Gasteiger partial charge in [0.2, 0.25) is 0 Å². The number of imide groups is 1. The molecule has 7 heteroatoms. The highest BCUT2D eigenvalue weighted by Crippen LogP contribution is 2.27. The first kappa shape index (κ1) is 17.7. The Morgan fingerprint density at radius 3 is 2.78 bits per heavy atom. The summed E-state index contributed by atoms with van der Waals surface area (Å²) in [5.41, 5.74) is 3.37. The van der Waals surface area contributed by atoms with Crippen molar-refractivity contribution >= 4 is 11.9 Å². The monoisotopic (exact) mass is 367 g/mol. The molecular formula is C20H25N5O2. The van der Waals surface area contributed by atoms with Gasteiger partial charge in [-0.05, 0) is 62.8 Å². The second-order valence-corrected chi connectivity index (χ2v) is 7.68. The summed E-state index contributed by atoms with van der Waals surface area (Å²) in [5, 5.41) is 7.52. The lowest BCUT2D eigenvalue weighted by molar-refractivity contribution is -0.129. The van der Waals surface area contributed by atoms with Crippen LogP contribution < -0.4 is 5.32 Å². The lowest BCUT2D eigenvalue weighted by Gasteiger charge is -2.28. The predicted octanol–water partition coefficient (Wildman–Crippen LogP) is 2.27.